The van der Waals surface area contributed by atoms with Gasteiger partial charge in [0.25, 0.3) is 0 Å². The van der Waals surface area contributed by atoms with Gasteiger partial charge in [-0.3, -0.25) is 0 Å². The first kappa shape index (κ1) is 12.8. The monoisotopic (exact) mass is 254 g/mol. The fourth-order valence-corrected chi connectivity index (χ4v) is 1.68. The Balaban J connectivity index is 2.21. The van der Waals surface area contributed by atoms with Crippen molar-refractivity contribution in [2.24, 2.45) is 0 Å². The number of ether oxygens (including phenoxy) is 2. The molecule has 0 saturated carbocycles. The van der Waals surface area contributed by atoms with Crippen molar-refractivity contribution in [2.75, 3.05) is 12.8 Å². The summed E-state index contributed by atoms with van der Waals surface area (Å²) in [5.74, 6) is 1.03. The van der Waals surface area contributed by atoms with Crippen molar-refractivity contribution in [3.8, 4) is 17.6 Å². The molecule has 0 aliphatic heterocycles. The molecular weight excluding hydrogens is 240 g/mol. The molecule has 0 heterocycles. The smallest absolute Gasteiger partial charge is 0.163 e. The van der Waals surface area contributed by atoms with Gasteiger partial charge >= 0.3 is 0 Å². The molecule has 0 bridgehead atoms. The maximum atomic E-state index is 8.91. The van der Waals surface area contributed by atoms with Gasteiger partial charge in [0.15, 0.2) is 11.5 Å². The summed E-state index contributed by atoms with van der Waals surface area (Å²) >= 11 is 0. The highest BCUT2D eigenvalue weighted by Crippen LogP contribution is 2.32. The fraction of sp³-hybridized carbons (Fsp3) is 0.133. The lowest BCUT2D eigenvalue weighted by Gasteiger charge is -2.12. The molecule has 0 aromatic heterocycles. The molecule has 0 spiro atoms. The average molecular weight is 254 g/mol. The van der Waals surface area contributed by atoms with E-state index >= 15 is 0 Å². The van der Waals surface area contributed by atoms with Crippen molar-refractivity contribution >= 4 is 5.69 Å². The van der Waals surface area contributed by atoms with Crippen LogP contribution in [0.25, 0.3) is 0 Å². The zero-order chi connectivity index (χ0) is 13.7. The van der Waals surface area contributed by atoms with Gasteiger partial charge in [-0.1, -0.05) is 30.3 Å². The average Bonchev–Trinajstić information content (AvgIpc) is 2.46. The van der Waals surface area contributed by atoms with Crippen molar-refractivity contribution in [2.45, 2.75) is 6.61 Å². The normalized spacial score (nSPS) is 9.68. The van der Waals surface area contributed by atoms with Gasteiger partial charge < -0.3 is 15.2 Å². The van der Waals surface area contributed by atoms with Gasteiger partial charge in [-0.2, -0.15) is 5.26 Å². The molecule has 2 aromatic carbocycles. The molecule has 0 atom stereocenters. The van der Waals surface area contributed by atoms with Crippen LogP contribution < -0.4 is 15.2 Å². The number of rotatable bonds is 4. The third kappa shape index (κ3) is 2.96. The van der Waals surface area contributed by atoms with Gasteiger partial charge in [0.2, 0.25) is 0 Å². The second kappa shape index (κ2) is 5.78. The number of nitrogens with two attached hydrogens (primary N) is 1. The van der Waals surface area contributed by atoms with Crippen LogP contribution in [-0.4, -0.2) is 7.11 Å². The summed E-state index contributed by atoms with van der Waals surface area (Å²) in [6, 6.07) is 15.0. The molecule has 0 unspecified atom stereocenters. The van der Waals surface area contributed by atoms with E-state index in [0.29, 0.717) is 29.4 Å². The summed E-state index contributed by atoms with van der Waals surface area (Å²) < 4.78 is 10.9. The molecule has 96 valence electrons. The van der Waals surface area contributed by atoms with Gasteiger partial charge in [0, 0.05) is 12.1 Å². The second-order valence-electron chi connectivity index (χ2n) is 3.98. The topological polar surface area (TPSA) is 68.3 Å². The zero-order valence-corrected chi connectivity index (χ0v) is 10.6. The van der Waals surface area contributed by atoms with Crippen molar-refractivity contribution in [1.82, 2.24) is 0 Å². The number of benzene rings is 2. The molecule has 0 saturated heterocycles. The highest BCUT2D eigenvalue weighted by atomic mass is 16.5. The quantitative estimate of drug-likeness (QED) is 0.852. The van der Waals surface area contributed by atoms with Gasteiger partial charge in [-0.05, 0) is 5.56 Å². The van der Waals surface area contributed by atoms with Gasteiger partial charge in [-0.25, -0.2) is 0 Å². The Hall–Kier alpha value is -2.67. The first-order valence-corrected chi connectivity index (χ1v) is 5.79. The van der Waals surface area contributed by atoms with Gasteiger partial charge in [0.1, 0.15) is 12.7 Å². The minimum Gasteiger partial charge on any atom is -0.493 e. The number of hydrogen-bond acceptors (Lipinski definition) is 4. The van der Waals surface area contributed by atoms with E-state index in [4.69, 9.17) is 20.5 Å². The molecule has 2 rings (SSSR count). The minimum absolute atomic E-state index is 0.379. The van der Waals surface area contributed by atoms with E-state index in [1.807, 2.05) is 36.4 Å². The Bertz CT molecular complexity index is 604. The van der Waals surface area contributed by atoms with Crippen LogP contribution in [0.3, 0.4) is 0 Å². The molecule has 2 aromatic rings. The molecule has 0 aliphatic rings. The van der Waals surface area contributed by atoms with Crippen LogP contribution >= 0.6 is 0 Å². The zero-order valence-electron chi connectivity index (χ0n) is 10.6. The number of nitrogens with zero attached hydrogens (tertiary/aromatic N) is 1. The maximum Gasteiger partial charge on any atom is 0.163 e. The van der Waals surface area contributed by atoms with E-state index < -0.39 is 0 Å². The summed E-state index contributed by atoms with van der Waals surface area (Å²) in [6.45, 7) is 0.419. The van der Waals surface area contributed by atoms with E-state index in [1.54, 1.807) is 12.1 Å². The molecule has 0 aliphatic carbocycles. The summed E-state index contributed by atoms with van der Waals surface area (Å²) in [5.41, 5.74) is 7.57. The molecule has 19 heavy (non-hydrogen) atoms. The largest absolute Gasteiger partial charge is 0.493 e. The molecule has 0 amide bonds. The minimum atomic E-state index is 0.379. The van der Waals surface area contributed by atoms with E-state index in [1.165, 1.54) is 7.11 Å². The molecule has 4 heteroatoms. The summed E-state index contributed by atoms with van der Waals surface area (Å²) in [5, 5.41) is 8.91. The van der Waals surface area contributed by atoms with Crippen molar-refractivity contribution in [1.29, 1.82) is 5.26 Å². The number of nitrogen functional groups attached to an aromatic ring is 1. The van der Waals surface area contributed by atoms with Crippen LogP contribution in [0.2, 0.25) is 0 Å². The third-order valence-electron chi connectivity index (χ3n) is 2.69. The molecule has 0 radical (unpaired) electrons. The molecule has 2 N–H and O–H groups in total. The predicted molar refractivity (Wildman–Crippen MR) is 72.9 cm³/mol. The van der Waals surface area contributed by atoms with Crippen LogP contribution in [0.15, 0.2) is 42.5 Å². The lowest BCUT2D eigenvalue weighted by molar-refractivity contribution is 0.284. The summed E-state index contributed by atoms with van der Waals surface area (Å²) in [6.07, 6.45) is 0. The third-order valence-corrected chi connectivity index (χ3v) is 2.69. The fourth-order valence-electron chi connectivity index (χ4n) is 1.68. The Morgan fingerprint density at radius 3 is 2.53 bits per heavy atom. The predicted octanol–water partition coefficient (Wildman–Crippen LogP) is 2.73. The van der Waals surface area contributed by atoms with Crippen molar-refractivity contribution in [3.63, 3.8) is 0 Å². The number of methoxy groups -OCH3 is 1. The van der Waals surface area contributed by atoms with E-state index in [-0.39, 0.29) is 0 Å². The Morgan fingerprint density at radius 1 is 1.16 bits per heavy atom. The molecular formula is C15H14N2O2. The van der Waals surface area contributed by atoms with Crippen LogP contribution in [0.5, 0.6) is 11.5 Å². The van der Waals surface area contributed by atoms with E-state index in [9.17, 15) is 0 Å². The van der Waals surface area contributed by atoms with Crippen molar-refractivity contribution in [3.05, 3.63) is 53.6 Å². The van der Waals surface area contributed by atoms with Crippen LogP contribution in [0.4, 0.5) is 5.69 Å². The van der Waals surface area contributed by atoms with E-state index in [0.717, 1.165) is 5.56 Å². The SMILES string of the molecule is COc1cc(C#N)c(N)cc1OCc1ccccc1. The first-order chi connectivity index (χ1) is 9.24. The number of nitriles is 1. The second-order valence-corrected chi connectivity index (χ2v) is 3.98. The highest BCUT2D eigenvalue weighted by molar-refractivity contribution is 5.62. The summed E-state index contributed by atoms with van der Waals surface area (Å²) in [4.78, 5) is 0. The van der Waals surface area contributed by atoms with Crippen LogP contribution in [0, 0.1) is 11.3 Å². The van der Waals surface area contributed by atoms with Crippen LogP contribution in [0.1, 0.15) is 11.1 Å². The molecule has 0 fully saturated rings. The standard InChI is InChI=1S/C15H14N2O2/c1-18-14-7-12(9-16)13(17)8-15(14)19-10-11-5-3-2-4-6-11/h2-8H,10,17H2,1H3. The molecule has 4 nitrogen and oxygen atoms in total. The lowest BCUT2D eigenvalue weighted by atomic mass is 10.1. The highest BCUT2D eigenvalue weighted by Gasteiger charge is 2.09. The van der Waals surface area contributed by atoms with Crippen LogP contribution in [-0.2, 0) is 6.61 Å². The Labute approximate surface area is 112 Å². The summed E-state index contributed by atoms with van der Waals surface area (Å²) in [7, 11) is 1.53. The first-order valence-electron chi connectivity index (χ1n) is 5.79. The van der Waals surface area contributed by atoms with Gasteiger partial charge in [-0.15, -0.1) is 0 Å². The van der Waals surface area contributed by atoms with Crippen molar-refractivity contribution < 1.29 is 9.47 Å². The van der Waals surface area contributed by atoms with Gasteiger partial charge in [0.05, 0.1) is 18.4 Å². The Morgan fingerprint density at radius 2 is 1.89 bits per heavy atom. The van der Waals surface area contributed by atoms with E-state index in [2.05, 4.69) is 0 Å². The number of anilines is 1. The maximum absolute atomic E-state index is 8.91. The Kier molecular flexibility index (Phi) is 3.89. The number of hydrogen-bond donors (Lipinski definition) is 1. The lowest BCUT2D eigenvalue weighted by Crippen LogP contribution is -2.00.